The molecule has 1 aliphatic carbocycles. The van der Waals surface area contributed by atoms with E-state index in [1.165, 1.54) is 19.4 Å². The van der Waals surface area contributed by atoms with Crippen molar-refractivity contribution in [2.45, 2.75) is 32.2 Å². The highest BCUT2D eigenvalue weighted by Gasteiger charge is 2.23. The van der Waals surface area contributed by atoms with Crippen molar-refractivity contribution < 1.29 is 0 Å². The molecule has 1 fully saturated rings. The van der Waals surface area contributed by atoms with Crippen LogP contribution in [0.5, 0.6) is 0 Å². The normalized spacial score (nSPS) is 17.1. The first-order valence-electron chi connectivity index (χ1n) is 6.92. The first kappa shape index (κ1) is 13.9. The molecule has 1 unspecified atom stereocenters. The van der Waals surface area contributed by atoms with Crippen molar-refractivity contribution in [2.24, 2.45) is 11.7 Å². The van der Waals surface area contributed by atoms with Gasteiger partial charge < -0.3 is 10.6 Å². The van der Waals surface area contributed by atoms with Gasteiger partial charge in [0.25, 0.3) is 0 Å². The van der Waals surface area contributed by atoms with Gasteiger partial charge in [-0.3, -0.25) is 0 Å². The number of benzene rings is 1. The Hall–Kier alpha value is -0.570. The van der Waals surface area contributed by atoms with Gasteiger partial charge in [0.2, 0.25) is 0 Å². The molecule has 1 atom stereocenters. The lowest BCUT2D eigenvalue weighted by atomic mass is 10.0. The summed E-state index contributed by atoms with van der Waals surface area (Å²) in [6.07, 6.45) is 3.83. The maximum absolute atomic E-state index is 6.23. The molecule has 0 bridgehead atoms. The molecular formula is C15H23ClN2. The van der Waals surface area contributed by atoms with Crippen molar-refractivity contribution in [1.29, 1.82) is 0 Å². The SMILES string of the molecule is CCN(CCC(N)c1cccc(Cl)c1)CC1CC1. The molecule has 100 valence electrons. The van der Waals surface area contributed by atoms with E-state index in [0.29, 0.717) is 0 Å². The van der Waals surface area contributed by atoms with E-state index in [2.05, 4.69) is 17.9 Å². The molecule has 1 aromatic carbocycles. The maximum atomic E-state index is 6.23. The summed E-state index contributed by atoms with van der Waals surface area (Å²) in [6.45, 7) is 5.69. The Bertz CT molecular complexity index is 377. The Morgan fingerprint density at radius 1 is 1.44 bits per heavy atom. The van der Waals surface area contributed by atoms with Crippen LogP contribution >= 0.6 is 11.6 Å². The summed E-state index contributed by atoms with van der Waals surface area (Å²) in [5, 5.41) is 0.772. The van der Waals surface area contributed by atoms with Crippen LogP contribution in [0.4, 0.5) is 0 Å². The van der Waals surface area contributed by atoms with E-state index < -0.39 is 0 Å². The van der Waals surface area contributed by atoms with Gasteiger partial charge in [0.1, 0.15) is 0 Å². The fourth-order valence-electron chi connectivity index (χ4n) is 2.27. The Labute approximate surface area is 115 Å². The number of hydrogen-bond donors (Lipinski definition) is 1. The average molecular weight is 267 g/mol. The number of hydrogen-bond acceptors (Lipinski definition) is 2. The van der Waals surface area contributed by atoms with Gasteiger partial charge in [-0.1, -0.05) is 30.7 Å². The smallest absolute Gasteiger partial charge is 0.0409 e. The third kappa shape index (κ3) is 4.27. The molecule has 0 saturated heterocycles. The van der Waals surface area contributed by atoms with Crippen LogP contribution in [0.2, 0.25) is 5.02 Å². The van der Waals surface area contributed by atoms with E-state index in [-0.39, 0.29) is 6.04 Å². The summed E-state index contributed by atoms with van der Waals surface area (Å²) < 4.78 is 0. The van der Waals surface area contributed by atoms with E-state index >= 15 is 0 Å². The van der Waals surface area contributed by atoms with E-state index in [0.717, 1.165) is 36.0 Å². The molecular weight excluding hydrogens is 244 g/mol. The van der Waals surface area contributed by atoms with Crippen molar-refractivity contribution in [1.82, 2.24) is 4.90 Å². The van der Waals surface area contributed by atoms with Crippen LogP contribution in [0.3, 0.4) is 0 Å². The number of nitrogens with two attached hydrogens (primary N) is 1. The molecule has 2 N–H and O–H groups in total. The standard InChI is InChI=1S/C15H23ClN2/c1-2-18(11-12-6-7-12)9-8-15(17)13-4-3-5-14(16)10-13/h3-5,10,12,15H,2,6-9,11,17H2,1H3. The summed E-state index contributed by atoms with van der Waals surface area (Å²) in [5.74, 6) is 0.951. The zero-order chi connectivity index (χ0) is 13.0. The van der Waals surface area contributed by atoms with Gasteiger partial charge in [-0.15, -0.1) is 0 Å². The van der Waals surface area contributed by atoms with Crippen LogP contribution in [-0.2, 0) is 0 Å². The van der Waals surface area contributed by atoms with Crippen LogP contribution in [0.1, 0.15) is 37.8 Å². The molecule has 2 nitrogen and oxygen atoms in total. The highest BCUT2D eigenvalue weighted by molar-refractivity contribution is 6.30. The fraction of sp³-hybridized carbons (Fsp3) is 0.600. The fourth-order valence-corrected chi connectivity index (χ4v) is 2.47. The van der Waals surface area contributed by atoms with E-state index in [1.54, 1.807) is 0 Å². The second-order valence-electron chi connectivity index (χ2n) is 5.29. The Kier molecular flexibility index (Phi) is 5.04. The van der Waals surface area contributed by atoms with Crippen molar-refractivity contribution in [3.05, 3.63) is 34.9 Å². The first-order chi connectivity index (χ1) is 8.69. The quantitative estimate of drug-likeness (QED) is 0.819. The predicted octanol–water partition coefficient (Wildman–Crippen LogP) is 3.46. The summed E-state index contributed by atoms with van der Waals surface area (Å²) >= 11 is 5.99. The molecule has 0 heterocycles. The van der Waals surface area contributed by atoms with Crippen molar-refractivity contribution >= 4 is 11.6 Å². The molecule has 1 aromatic rings. The molecule has 0 amide bonds. The topological polar surface area (TPSA) is 29.3 Å². The van der Waals surface area contributed by atoms with Crippen molar-refractivity contribution in [3.8, 4) is 0 Å². The Balaban J connectivity index is 1.80. The molecule has 0 aromatic heterocycles. The van der Waals surface area contributed by atoms with E-state index in [4.69, 9.17) is 17.3 Å². The zero-order valence-electron chi connectivity index (χ0n) is 11.1. The second-order valence-corrected chi connectivity index (χ2v) is 5.72. The largest absolute Gasteiger partial charge is 0.324 e. The number of halogens is 1. The van der Waals surface area contributed by atoms with E-state index in [9.17, 15) is 0 Å². The van der Waals surface area contributed by atoms with Gasteiger partial charge in [0, 0.05) is 17.6 Å². The van der Waals surface area contributed by atoms with Gasteiger partial charge in [0.05, 0.1) is 0 Å². The van der Waals surface area contributed by atoms with Gasteiger partial charge in [-0.05, 0) is 56.0 Å². The molecule has 18 heavy (non-hydrogen) atoms. The molecule has 2 rings (SSSR count). The molecule has 0 aliphatic heterocycles. The van der Waals surface area contributed by atoms with Crippen LogP contribution in [0.15, 0.2) is 24.3 Å². The summed E-state index contributed by atoms with van der Waals surface area (Å²) in [4.78, 5) is 2.52. The second kappa shape index (κ2) is 6.55. The van der Waals surface area contributed by atoms with E-state index in [1.807, 2.05) is 18.2 Å². The predicted molar refractivity (Wildman–Crippen MR) is 77.8 cm³/mol. The van der Waals surface area contributed by atoms with Crippen LogP contribution in [-0.4, -0.2) is 24.5 Å². The zero-order valence-corrected chi connectivity index (χ0v) is 11.9. The summed E-state index contributed by atoms with van der Waals surface area (Å²) in [5.41, 5.74) is 7.37. The average Bonchev–Trinajstić information content (AvgIpc) is 3.18. The maximum Gasteiger partial charge on any atom is 0.0409 e. The first-order valence-corrected chi connectivity index (χ1v) is 7.30. The van der Waals surface area contributed by atoms with Gasteiger partial charge >= 0.3 is 0 Å². The minimum Gasteiger partial charge on any atom is -0.324 e. The van der Waals surface area contributed by atoms with Gasteiger partial charge in [0.15, 0.2) is 0 Å². The molecule has 0 spiro atoms. The summed E-state index contributed by atoms with van der Waals surface area (Å²) in [7, 11) is 0. The van der Waals surface area contributed by atoms with Crippen molar-refractivity contribution in [2.75, 3.05) is 19.6 Å². The Morgan fingerprint density at radius 3 is 2.83 bits per heavy atom. The molecule has 0 radical (unpaired) electrons. The lowest BCUT2D eigenvalue weighted by Gasteiger charge is -2.22. The lowest BCUT2D eigenvalue weighted by molar-refractivity contribution is 0.266. The number of rotatable bonds is 7. The van der Waals surface area contributed by atoms with Crippen molar-refractivity contribution in [3.63, 3.8) is 0 Å². The highest BCUT2D eigenvalue weighted by atomic mass is 35.5. The molecule has 1 aliphatic rings. The number of nitrogens with zero attached hydrogens (tertiary/aromatic N) is 1. The van der Waals surface area contributed by atoms with Crippen LogP contribution in [0, 0.1) is 5.92 Å². The monoisotopic (exact) mass is 266 g/mol. The minimum atomic E-state index is 0.0944. The molecule has 1 saturated carbocycles. The highest BCUT2D eigenvalue weighted by Crippen LogP contribution is 2.30. The van der Waals surface area contributed by atoms with Gasteiger partial charge in [-0.2, -0.15) is 0 Å². The molecule has 3 heteroatoms. The van der Waals surface area contributed by atoms with Gasteiger partial charge in [-0.25, -0.2) is 0 Å². The summed E-state index contributed by atoms with van der Waals surface area (Å²) in [6, 6.07) is 8.00. The third-order valence-electron chi connectivity index (χ3n) is 3.69. The lowest BCUT2D eigenvalue weighted by Crippen LogP contribution is -2.29. The van der Waals surface area contributed by atoms with Crippen LogP contribution < -0.4 is 5.73 Å². The Morgan fingerprint density at radius 2 is 2.22 bits per heavy atom. The van der Waals surface area contributed by atoms with Crippen LogP contribution in [0.25, 0.3) is 0 Å². The third-order valence-corrected chi connectivity index (χ3v) is 3.93. The minimum absolute atomic E-state index is 0.0944.